The Morgan fingerprint density at radius 2 is 1.86 bits per heavy atom. The first-order chi connectivity index (χ1) is 13.7. The fourth-order valence-electron chi connectivity index (χ4n) is 3.47. The molecule has 1 atom stereocenters. The van der Waals surface area contributed by atoms with Crippen LogP contribution in [-0.2, 0) is 16.0 Å². The highest BCUT2D eigenvalue weighted by atomic mass is 16.5. The van der Waals surface area contributed by atoms with Gasteiger partial charge in [-0.25, -0.2) is 9.48 Å². The Hall–Kier alpha value is -3.41. The summed E-state index contributed by atoms with van der Waals surface area (Å²) < 4.78 is 7.16. The number of esters is 1. The summed E-state index contributed by atoms with van der Waals surface area (Å²) in [7, 11) is 0. The number of fused-ring (bicyclic) bond motifs is 1. The summed E-state index contributed by atoms with van der Waals surface area (Å²) in [6, 6.07) is 17.6. The Balaban J connectivity index is 1.93. The topological polar surface area (TPSA) is 69.0 Å². The van der Waals surface area contributed by atoms with Crippen LogP contribution in [-0.4, -0.2) is 27.3 Å². The molecule has 1 aromatic heterocycles. The smallest absolute Gasteiger partial charge is 0.338 e. The molecule has 0 radical (unpaired) electrons. The van der Waals surface area contributed by atoms with Crippen LogP contribution in [0.1, 0.15) is 36.6 Å². The molecule has 0 unspecified atom stereocenters. The summed E-state index contributed by atoms with van der Waals surface area (Å²) >= 11 is 0. The maximum atomic E-state index is 13.0. The highest BCUT2D eigenvalue weighted by molar-refractivity contribution is 6.02. The van der Waals surface area contributed by atoms with Crippen molar-refractivity contribution in [2.75, 3.05) is 11.9 Å². The third-order valence-electron chi connectivity index (χ3n) is 4.86. The van der Waals surface area contributed by atoms with Gasteiger partial charge in [0.25, 0.3) is 0 Å². The number of nitrogens with zero attached hydrogens (tertiary/aromatic N) is 3. The van der Waals surface area contributed by atoms with Crippen molar-refractivity contribution < 1.29 is 9.53 Å². The number of anilines is 1. The third kappa shape index (κ3) is 3.17. The van der Waals surface area contributed by atoms with Crippen molar-refractivity contribution in [2.24, 2.45) is 0 Å². The van der Waals surface area contributed by atoms with Gasteiger partial charge in [-0.3, -0.25) is 0 Å². The predicted molar refractivity (Wildman–Crippen MR) is 108 cm³/mol. The number of nitrogens with one attached hydrogen (secondary N) is 1. The van der Waals surface area contributed by atoms with Gasteiger partial charge in [-0.15, -0.1) is 0 Å². The van der Waals surface area contributed by atoms with Crippen LogP contribution in [0.15, 0.2) is 66.5 Å². The van der Waals surface area contributed by atoms with Crippen molar-refractivity contribution in [3.05, 3.63) is 83.2 Å². The summed E-state index contributed by atoms with van der Waals surface area (Å²) in [5.74, 6) is 0.232. The molecule has 0 aliphatic carbocycles. The normalized spacial score (nSPS) is 15.7. The van der Waals surface area contributed by atoms with Gasteiger partial charge >= 0.3 is 5.97 Å². The molecule has 6 nitrogen and oxygen atoms in total. The molecule has 1 aliphatic rings. The lowest BCUT2D eigenvalue weighted by Gasteiger charge is -2.29. The molecule has 6 heteroatoms. The number of carbonyl (C=O) groups is 1. The monoisotopic (exact) mass is 374 g/mol. The van der Waals surface area contributed by atoms with Gasteiger partial charge in [0.15, 0.2) is 0 Å². The molecule has 0 bridgehead atoms. The molecular formula is C22H22N4O2. The maximum absolute atomic E-state index is 13.0. The average molecular weight is 374 g/mol. The zero-order valence-electron chi connectivity index (χ0n) is 15.9. The molecule has 0 spiro atoms. The first kappa shape index (κ1) is 18.0. The van der Waals surface area contributed by atoms with Gasteiger partial charge in [0.2, 0.25) is 5.95 Å². The van der Waals surface area contributed by atoms with Crippen molar-refractivity contribution in [3.63, 3.8) is 0 Å². The zero-order chi connectivity index (χ0) is 19.5. The number of hydrogen-bond donors (Lipinski definition) is 1. The van der Waals surface area contributed by atoms with Crippen LogP contribution in [0, 0.1) is 0 Å². The molecule has 0 saturated carbocycles. The minimum atomic E-state index is -0.418. The zero-order valence-corrected chi connectivity index (χ0v) is 15.9. The van der Waals surface area contributed by atoms with Crippen LogP contribution in [0.2, 0.25) is 0 Å². The molecule has 4 rings (SSSR count). The Morgan fingerprint density at radius 3 is 2.54 bits per heavy atom. The van der Waals surface area contributed by atoms with Gasteiger partial charge in [0.1, 0.15) is 12.4 Å². The van der Waals surface area contributed by atoms with E-state index in [2.05, 4.69) is 34.5 Å². The van der Waals surface area contributed by atoms with Crippen molar-refractivity contribution >= 4 is 17.6 Å². The lowest BCUT2D eigenvalue weighted by molar-refractivity contribution is -0.138. The van der Waals surface area contributed by atoms with Crippen LogP contribution in [0.5, 0.6) is 0 Å². The molecule has 3 aromatic rings. The van der Waals surface area contributed by atoms with Crippen LogP contribution < -0.4 is 5.32 Å². The minimum absolute atomic E-state index is 0.302. The van der Waals surface area contributed by atoms with Crippen LogP contribution >= 0.6 is 0 Å². The second kappa shape index (κ2) is 7.68. The molecule has 2 aromatic carbocycles. The van der Waals surface area contributed by atoms with E-state index in [-0.39, 0.29) is 5.97 Å². The van der Waals surface area contributed by atoms with E-state index in [1.54, 1.807) is 4.68 Å². The van der Waals surface area contributed by atoms with Gasteiger partial charge in [-0.05, 0) is 30.0 Å². The summed E-state index contributed by atoms with van der Waals surface area (Å²) in [6.07, 6.45) is 2.45. The number of benzene rings is 2. The Bertz CT molecular complexity index is 1010. The Kier molecular flexibility index (Phi) is 4.93. The summed E-state index contributed by atoms with van der Waals surface area (Å²) in [5.41, 5.74) is 4.32. The summed E-state index contributed by atoms with van der Waals surface area (Å²) in [5, 5.41) is 7.65. The average Bonchev–Trinajstić information content (AvgIpc) is 3.21. The van der Waals surface area contributed by atoms with Crippen LogP contribution in [0.25, 0.3) is 5.70 Å². The van der Waals surface area contributed by atoms with Crippen molar-refractivity contribution in [1.29, 1.82) is 0 Å². The maximum Gasteiger partial charge on any atom is 0.338 e. The van der Waals surface area contributed by atoms with Crippen molar-refractivity contribution in [3.8, 4) is 0 Å². The molecular weight excluding hydrogens is 352 g/mol. The standard InChI is InChI=1S/C22H22N4O2/c1-3-15-10-12-17(13-11-15)20-18(21(27)28-4-2)19(16-8-6-5-7-9-16)25-22-23-14-24-26(20)22/h5-14,20H,3-4H2,1-2H3,(H,23,24,25)/t20-/m0/s1. The molecule has 28 heavy (non-hydrogen) atoms. The molecule has 0 amide bonds. The Morgan fingerprint density at radius 1 is 1.11 bits per heavy atom. The van der Waals surface area contributed by atoms with E-state index >= 15 is 0 Å². The minimum Gasteiger partial charge on any atom is -0.463 e. The number of ether oxygens (including phenoxy) is 1. The van der Waals surface area contributed by atoms with Gasteiger partial charge in [-0.2, -0.15) is 10.1 Å². The van der Waals surface area contributed by atoms with E-state index in [1.807, 2.05) is 49.4 Å². The summed E-state index contributed by atoms with van der Waals surface area (Å²) in [4.78, 5) is 17.4. The van der Waals surface area contributed by atoms with Crippen molar-refractivity contribution in [2.45, 2.75) is 26.3 Å². The van der Waals surface area contributed by atoms with Gasteiger partial charge in [0, 0.05) is 0 Å². The number of carbonyl (C=O) groups excluding carboxylic acids is 1. The number of aryl methyl sites for hydroxylation is 1. The second-order valence-corrected chi connectivity index (χ2v) is 6.53. The highest BCUT2D eigenvalue weighted by Crippen LogP contribution is 2.38. The van der Waals surface area contributed by atoms with E-state index in [9.17, 15) is 4.79 Å². The van der Waals surface area contributed by atoms with E-state index in [0.29, 0.717) is 23.8 Å². The second-order valence-electron chi connectivity index (χ2n) is 6.53. The number of aromatic nitrogens is 3. The van der Waals surface area contributed by atoms with E-state index in [1.165, 1.54) is 11.9 Å². The lowest BCUT2D eigenvalue weighted by atomic mass is 9.92. The molecule has 1 aliphatic heterocycles. The van der Waals surface area contributed by atoms with Gasteiger partial charge < -0.3 is 10.1 Å². The predicted octanol–water partition coefficient (Wildman–Crippen LogP) is 3.83. The number of rotatable bonds is 5. The van der Waals surface area contributed by atoms with Crippen LogP contribution in [0.3, 0.4) is 0 Å². The number of hydrogen-bond acceptors (Lipinski definition) is 5. The molecule has 142 valence electrons. The van der Waals surface area contributed by atoms with Crippen molar-refractivity contribution in [1.82, 2.24) is 14.8 Å². The first-order valence-corrected chi connectivity index (χ1v) is 9.45. The molecule has 1 N–H and O–H groups in total. The van der Waals surface area contributed by atoms with Gasteiger partial charge in [0.05, 0.1) is 17.9 Å². The fourth-order valence-corrected chi connectivity index (χ4v) is 3.47. The quantitative estimate of drug-likeness (QED) is 0.688. The van der Waals surface area contributed by atoms with Gasteiger partial charge in [-0.1, -0.05) is 61.5 Å². The lowest BCUT2D eigenvalue weighted by Crippen LogP contribution is -2.30. The molecule has 0 saturated heterocycles. The van der Waals surface area contributed by atoms with E-state index in [0.717, 1.165) is 17.5 Å². The summed E-state index contributed by atoms with van der Waals surface area (Å²) in [6.45, 7) is 4.23. The molecule has 0 fully saturated rings. The fraction of sp³-hybridized carbons (Fsp3) is 0.227. The third-order valence-corrected chi connectivity index (χ3v) is 4.86. The highest BCUT2D eigenvalue weighted by Gasteiger charge is 2.36. The Labute approximate surface area is 163 Å². The van der Waals surface area contributed by atoms with E-state index in [4.69, 9.17) is 4.74 Å². The van der Waals surface area contributed by atoms with E-state index < -0.39 is 6.04 Å². The van der Waals surface area contributed by atoms with Crippen LogP contribution in [0.4, 0.5) is 5.95 Å². The first-order valence-electron chi connectivity index (χ1n) is 9.45. The molecule has 2 heterocycles. The SMILES string of the molecule is CCOC(=O)C1=C(c2ccccc2)Nc2ncnn2[C@H]1c1ccc(CC)cc1. The largest absolute Gasteiger partial charge is 0.463 e.